The molecule has 2 aromatic carbocycles. The highest BCUT2D eigenvalue weighted by molar-refractivity contribution is 5.75. The summed E-state index contributed by atoms with van der Waals surface area (Å²) < 4.78 is 25.9. The summed E-state index contributed by atoms with van der Waals surface area (Å²) in [4.78, 5) is 11.7. The summed E-state index contributed by atoms with van der Waals surface area (Å²) in [5.74, 6) is -2.16. The van der Waals surface area contributed by atoms with Gasteiger partial charge in [0.05, 0.1) is 6.10 Å². The van der Waals surface area contributed by atoms with Crippen molar-refractivity contribution in [1.29, 1.82) is 0 Å². The first-order chi connectivity index (χ1) is 11.1. The molecule has 2 N–H and O–H groups in total. The number of carbonyl (C=O) groups excluding carboxylic acids is 1. The number of rotatable bonds is 7. The van der Waals surface area contributed by atoms with Crippen molar-refractivity contribution in [1.82, 2.24) is 5.32 Å². The first kappa shape index (κ1) is 17.1. The first-order valence-corrected chi connectivity index (χ1v) is 7.50. The molecule has 23 heavy (non-hydrogen) atoms. The van der Waals surface area contributed by atoms with E-state index >= 15 is 0 Å². The Bertz CT molecular complexity index is 647. The van der Waals surface area contributed by atoms with E-state index in [0.29, 0.717) is 12.8 Å². The van der Waals surface area contributed by atoms with Gasteiger partial charge < -0.3 is 10.4 Å². The van der Waals surface area contributed by atoms with Crippen LogP contribution in [-0.4, -0.2) is 17.6 Å². The third-order valence-electron chi connectivity index (χ3n) is 3.53. The van der Waals surface area contributed by atoms with Gasteiger partial charge in [-0.15, -0.1) is 0 Å². The fourth-order valence-electron chi connectivity index (χ4n) is 2.23. The van der Waals surface area contributed by atoms with Crippen LogP contribution in [0.3, 0.4) is 0 Å². The molecule has 0 saturated carbocycles. The molecule has 1 amide bonds. The minimum atomic E-state index is -1.07. The maximum absolute atomic E-state index is 13.1. The number of aryl methyl sites for hydroxylation is 1. The van der Waals surface area contributed by atoms with Crippen molar-refractivity contribution >= 4 is 5.91 Å². The van der Waals surface area contributed by atoms with E-state index in [1.807, 2.05) is 30.3 Å². The largest absolute Gasteiger partial charge is 0.387 e. The van der Waals surface area contributed by atoms with Gasteiger partial charge in [0.1, 0.15) is 0 Å². The van der Waals surface area contributed by atoms with Gasteiger partial charge in [0.25, 0.3) is 0 Å². The van der Waals surface area contributed by atoms with Crippen molar-refractivity contribution in [2.45, 2.75) is 25.4 Å². The lowest BCUT2D eigenvalue weighted by atomic mass is 10.1. The normalized spacial score (nSPS) is 12.0. The lowest BCUT2D eigenvalue weighted by molar-refractivity contribution is -0.121. The molecule has 122 valence electrons. The van der Waals surface area contributed by atoms with E-state index in [9.17, 15) is 18.7 Å². The molecule has 0 aromatic heterocycles. The molecule has 0 bridgehead atoms. The fourth-order valence-corrected chi connectivity index (χ4v) is 2.23. The number of halogens is 2. The molecule has 1 atom stereocenters. The summed E-state index contributed by atoms with van der Waals surface area (Å²) in [6.45, 7) is -0.0325. The number of aliphatic hydroxyl groups is 1. The van der Waals surface area contributed by atoms with Crippen molar-refractivity contribution in [3.63, 3.8) is 0 Å². The Morgan fingerprint density at radius 3 is 2.52 bits per heavy atom. The van der Waals surface area contributed by atoms with Crippen LogP contribution in [0.5, 0.6) is 0 Å². The molecule has 0 aliphatic rings. The Balaban J connectivity index is 1.72. The molecule has 3 nitrogen and oxygen atoms in total. The maximum Gasteiger partial charge on any atom is 0.220 e. The Morgan fingerprint density at radius 1 is 1.09 bits per heavy atom. The molecule has 2 rings (SSSR count). The van der Waals surface area contributed by atoms with Crippen LogP contribution in [0, 0.1) is 11.6 Å². The molecule has 1 unspecified atom stereocenters. The lowest BCUT2D eigenvalue weighted by Gasteiger charge is -2.12. The minimum Gasteiger partial charge on any atom is -0.387 e. The van der Waals surface area contributed by atoms with Crippen LogP contribution < -0.4 is 5.32 Å². The van der Waals surface area contributed by atoms with Crippen LogP contribution in [0.25, 0.3) is 0 Å². The van der Waals surface area contributed by atoms with Crippen molar-refractivity contribution in [2.24, 2.45) is 0 Å². The van der Waals surface area contributed by atoms with Crippen molar-refractivity contribution in [3.8, 4) is 0 Å². The van der Waals surface area contributed by atoms with E-state index in [2.05, 4.69) is 5.32 Å². The highest BCUT2D eigenvalue weighted by atomic mass is 19.2. The van der Waals surface area contributed by atoms with Gasteiger partial charge >= 0.3 is 0 Å². The number of hydrogen-bond acceptors (Lipinski definition) is 2. The number of benzene rings is 2. The predicted octanol–water partition coefficient (Wildman–Crippen LogP) is 3.14. The highest BCUT2D eigenvalue weighted by Gasteiger charge is 2.12. The van der Waals surface area contributed by atoms with Gasteiger partial charge in [-0.3, -0.25) is 4.79 Å². The molecular formula is C18H19F2NO2. The molecule has 0 radical (unpaired) electrons. The third-order valence-corrected chi connectivity index (χ3v) is 3.53. The summed E-state index contributed by atoms with van der Waals surface area (Å²) >= 11 is 0. The second-order valence-corrected chi connectivity index (χ2v) is 5.33. The molecule has 0 aliphatic heterocycles. The zero-order valence-corrected chi connectivity index (χ0v) is 12.6. The fraction of sp³-hybridized carbons (Fsp3) is 0.278. The Morgan fingerprint density at radius 2 is 1.83 bits per heavy atom. The van der Waals surface area contributed by atoms with E-state index in [1.54, 1.807) is 0 Å². The van der Waals surface area contributed by atoms with E-state index in [1.165, 1.54) is 11.6 Å². The highest BCUT2D eigenvalue weighted by Crippen LogP contribution is 2.15. The van der Waals surface area contributed by atoms with Gasteiger partial charge in [-0.05, 0) is 36.1 Å². The average Bonchev–Trinajstić information content (AvgIpc) is 2.56. The van der Waals surface area contributed by atoms with E-state index in [4.69, 9.17) is 0 Å². The maximum atomic E-state index is 13.1. The van der Waals surface area contributed by atoms with E-state index in [0.717, 1.165) is 18.6 Å². The lowest BCUT2D eigenvalue weighted by Crippen LogP contribution is -2.28. The summed E-state index contributed by atoms with van der Waals surface area (Å²) in [6.07, 6.45) is 0.791. The van der Waals surface area contributed by atoms with Gasteiger partial charge in [-0.25, -0.2) is 8.78 Å². The number of carbonyl (C=O) groups is 1. The van der Waals surface area contributed by atoms with Crippen LogP contribution >= 0.6 is 0 Å². The van der Waals surface area contributed by atoms with Gasteiger partial charge in [0, 0.05) is 13.0 Å². The zero-order valence-electron chi connectivity index (χ0n) is 12.6. The van der Waals surface area contributed by atoms with Gasteiger partial charge in [0.2, 0.25) is 5.91 Å². The molecule has 5 heteroatoms. The molecular weight excluding hydrogens is 300 g/mol. The topological polar surface area (TPSA) is 49.3 Å². The van der Waals surface area contributed by atoms with E-state index in [-0.39, 0.29) is 18.0 Å². The molecule has 0 heterocycles. The van der Waals surface area contributed by atoms with Gasteiger partial charge in [-0.2, -0.15) is 0 Å². The van der Waals surface area contributed by atoms with Gasteiger partial charge in [-0.1, -0.05) is 36.4 Å². The van der Waals surface area contributed by atoms with Crippen LogP contribution in [0.1, 0.15) is 30.1 Å². The number of amides is 1. The SMILES string of the molecule is O=C(CCCc1ccccc1)NCC(O)c1ccc(F)c(F)c1. The molecule has 0 fully saturated rings. The van der Waals surface area contributed by atoms with Crippen LogP contribution in [0.15, 0.2) is 48.5 Å². The second-order valence-electron chi connectivity index (χ2n) is 5.33. The Labute approximate surface area is 134 Å². The first-order valence-electron chi connectivity index (χ1n) is 7.50. The van der Waals surface area contributed by atoms with Crippen molar-refractivity contribution in [3.05, 3.63) is 71.3 Å². The monoisotopic (exact) mass is 319 g/mol. The second kappa shape index (κ2) is 8.39. The zero-order chi connectivity index (χ0) is 16.7. The third kappa shape index (κ3) is 5.45. The van der Waals surface area contributed by atoms with Crippen LogP contribution in [0.2, 0.25) is 0 Å². The molecule has 0 saturated heterocycles. The summed E-state index contributed by atoms with van der Waals surface area (Å²) in [5, 5.41) is 12.5. The van der Waals surface area contributed by atoms with Crippen LogP contribution in [-0.2, 0) is 11.2 Å². The van der Waals surface area contributed by atoms with Gasteiger partial charge in [0.15, 0.2) is 11.6 Å². The summed E-state index contributed by atoms with van der Waals surface area (Å²) in [5.41, 5.74) is 1.40. The number of hydrogen-bond donors (Lipinski definition) is 2. The standard InChI is InChI=1S/C18H19F2NO2/c19-15-10-9-14(11-16(15)20)17(22)12-21-18(23)8-4-7-13-5-2-1-3-6-13/h1-3,5-6,9-11,17,22H,4,7-8,12H2,(H,21,23). The smallest absolute Gasteiger partial charge is 0.220 e. The number of aliphatic hydroxyl groups excluding tert-OH is 1. The number of nitrogens with one attached hydrogen (secondary N) is 1. The quantitative estimate of drug-likeness (QED) is 0.824. The van der Waals surface area contributed by atoms with E-state index < -0.39 is 17.7 Å². The molecule has 0 spiro atoms. The minimum absolute atomic E-state index is 0.0325. The van der Waals surface area contributed by atoms with Crippen molar-refractivity contribution < 1.29 is 18.7 Å². The molecule has 0 aliphatic carbocycles. The van der Waals surface area contributed by atoms with Crippen molar-refractivity contribution in [2.75, 3.05) is 6.54 Å². The average molecular weight is 319 g/mol. The summed E-state index contributed by atoms with van der Waals surface area (Å²) in [6, 6.07) is 13.0. The van der Waals surface area contributed by atoms with Crippen LogP contribution in [0.4, 0.5) is 8.78 Å². The summed E-state index contributed by atoms with van der Waals surface area (Å²) in [7, 11) is 0. The Kier molecular flexibility index (Phi) is 6.23. The predicted molar refractivity (Wildman–Crippen MR) is 83.7 cm³/mol. The Hall–Kier alpha value is -2.27. The molecule has 2 aromatic rings.